The number of benzene rings is 1. The average Bonchev–Trinajstić information content (AvgIpc) is 2.45. The minimum atomic E-state index is -1.51. The van der Waals surface area contributed by atoms with Gasteiger partial charge in [-0.25, -0.2) is 4.79 Å². The third-order valence-corrected chi connectivity index (χ3v) is 3.79. The van der Waals surface area contributed by atoms with E-state index in [0.29, 0.717) is 31.6 Å². The molecule has 0 spiro atoms. The van der Waals surface area contributed by atoms with Crippen LogP contribution in [0.3, 0.4) is 0 Å². The topological polar surface area (TPSA) is 73.2 Å². The number of aryl methyl sites for hydroxylation is 1. The molecule has 6 nitrogen and oxygen atoms in total. The van der Waals surface area contributed by atoms with Gasteiger partial charge in [0.1, 0.15) is 5.60 Å². The van der Waals surface area contributed by atoms with Crippen LogP contribution in [0.2, 0.25) is 0 Å². The fourth-order valence-corrected chi connectivity index (χ4v) is 2.76. The zero-order chi connectivity index (χ0) is 17.2. The predicted octanol–water partition coefficient (Wildman–Crippen LogP) is 0.732. The highest BCUT2D eigenvalue weighted by Gasteiger charge is 2.28. The summed E-state index contributed by atoms with van der Waals surface area (Å²) in [6, 6.07) is 5.47. The van der Waals surface area contributed by atoms with Gasteiger partial charge in [0.05, 0.1) is 0 Å². The predicted molar refractivity (Wildman–Crippen MR) is 91.0 cm³/mol. The highest BCUT2D eigenvalue weighted by molar-refractivity contribution is 6.60. The number of hydrogen-bond acceptors (Lipinski definition) is 5. The summed E-state index contributed by atoms with van der Waals surface area (Å²) in [4.78, 5) is 15.9. The van der Waals surface area contributed by atoms with E-state index in [9.17, 15) is 14.8 Å². The van der Waals surface area contributed by atoms with Gasteiger partial charge in [0.25, 0.3) is 0 Å². The van der Waals surface area contributed by atoms with Crippen LogP contribution in [-0.2, 0) is 4.74 Å². The van der Waals surface area contributed by atoms with Crippen LogP contribution in [0, 0.1) is 6.92 Å². The minimum Gasteiger partial charge on any atom is -0.444 e. The van der Waals surface area contributed by atoms with Crippen LogP contribution in [0.1, 0.15) is 26.3 Å². The van der Waals surface area contributed by atoms with Crippen molar-refractivity contribution in [3.05, 3.63) is 23.8 Å². The van der Waals surface area contributed by atoms with Crippen molar-refractivity contribution in [3.63, 3.8) is 0 Å². The Morgan fingerprint density at radius 2 is 1.78 bits per heavy atom. The van der Waals surface area contributed by atoms with E-state index < -0.39 is 12.7 Å². The Labute approximate surface area is 137 Å². The quantitative estimate of drug-likeness (QED) is 0.786. The van der Waals surface area contributed by atoms with Gasteiger partial charge in [-0.15, -0.1) is 0 Å². The Morgan fingerprint density at radius 1 is 1.17 bits per heavy atom. The number of ether oxygens (including phenoxy) is 1. The summed E-state index contributed by atoms with van der Waals surface area (Å²) in [6.45, 7) is 9.85. The Bertz CT molecular complexity index is 564. The van der Waals surface area contributed by atoms with Crippen LogP contribution in [0.25, 0.3) is 0 Å². The largest absolute Gasteiger partial charge is 0.490 e. The number of anilines is 1. The van der Waals surface area contributed by atoms with Gasteiger partial charge >= 0.3 is 13.2 Å². The lowest BCUT2D eigenvalue weighted by Crippen LogP contribution is -2.52. The maximum Gasteiger partial charge on any atom is 0.490 e. The second-order valence-electron chi connectivity index (χ2n) is 6.84. The fourth-order valence-electron chi connectivity index (χ4n) is 2.76. The lowest BCUT2D eigenvalue weighted by Gasteiger charge is -2.38. The third kappa shape index (κ3) is 4.39. The summed E-state index contributed by atoms with van der Waals surface area (Å²) in [7, 11) is -1.51. The fraction of sp³-hybridized carbons (Fsp3) is 0.562. The van der Waals surface area contributed by atoms with Gasteiger partial charge in [0.2, 0.25) is 0 Å². The summed E-state index contributed by atoms with van der Waals surface area (Å²) >= 11 is 0. The van der Waals surface area contributed by atoms with Gasteiger partial charge in [0.15, 0.2) is 0 Å². The highest BCUT2D eigenvalue weighted by atomic mass is 16.6. The molecular weight excluding hydrogens is 295 g/mol. The van der Waals surface area contributed by atoms with Gasteiger partial charge in [-0.05, 0) is 33.3 Å². The van der Waals surface area contributed by atoms with Crippen molar-refractivity contribution in [1.82, 2.24) is 4.90 Å². The zero-order valence-corrected chi connectivity index (χ0v) is 14.2. The minimum absolute atomic E-state index is 0.302. The van der Waals surface area contributed by atoms with E-state index in [1.165, 1.54) is 0 Å². The Hall–Kier alpha value is -1.73. The van der Waals surface area contributed by atoms with E-state index in [2.05, 4.69) is 4.90 Å². The first-order valence-corrected chi connectivity index (χ1v) is 7.87. The number of hydrogen-bond donors (Lipinski definition) is 2. The van der Waals surface area contributed by atoms with Crippen LogP contribution in [-0.4, -0.2) is 59.9 Å². The molecule has 0 aliphatic carbocycles. The molecule has 1 heterocycles. The summed E-state index contributed by atoms with van der Waals surface area (Å²) in [6.07, 6.45) is -0.302. The van der Waals surface area contributed by atoms with Gasteiger partial charge in [0, 0.05) is 37.3 Å². The highest BCUT2D eigenvalue weighted by Crippen LogP contribution is 2.20. The number of carbonyl (C=O) groups is 1. The van der Waals surface area contributed by atoms with Gasteiger partial charge in [-0.2, -0.15) is 0 Å². The van der Waals surface area contributed by atoms with Gasteiger partial charge in [-0.1, -0.05) is 18.2 Å². The number of carbonyl (C=O) groups excluding carboxylic acids is 1. The molecule has 1 amide bonds. The van der Waals surface area contributed by atoms with Crippen molar-refractivity contribution >= 4 is 24.4 Å². The number of rotatable bonds is 2. The number of amides is 1. The van der Waals surface area contributed by atoms with E-state index in [1.807, 2.05) is 39.8 Å². The van der Waals surface area contributed by atoms with E-state index in [0.717, 1.165) is 11.3 Å². The van der Waals surface area contributed by atoms with Crippen LogP contribution in [0.4, 0.5) is 10.5 Å². The molecule has 1 aromatic carbocycles. The summed E-state index contributed by atoms with van der Waals surface area (Å²) in [5, 5.41) is 19.1. The standard InChI is InChI=1S/C16H25BN2O4/c1-12-6-5-7-13(17(21)22)14(12)18-8-10-19(11-9-18)15(20)23-16(2,3)4/h5-7,21-22H,8-11H2,1-4H3. The normalized spacial score (nSPS) is 15.6. The second kappa shape index (κ2) is 6.80. The van der Waals surface area contributed by atoms with Crippen LogP contribution in [0.15, 0.2) is 18.2 Å². The molecular formula is C16H25BN2O4. The molecule has 0 bridgehead atoms. The molecule has 1 saturated heterocycles. The molecule has 1 aliphatic rings. The van der Waals surface area contributed by atoms with Crippen molar-refractivity contribution < 1.29 is 19.6 Å². The van der Waals surface area contributed by atoms with Crippen molar-refractivity contribution in [1.29, 1.82) is 0 Å². The molecule has 1 fully saturated rings. The average molecular weight is 320 g/mol. The lowest BCUT2D eigenvalue weighted by atomic mass is 9.77. The monoisotopic (exact) mass is 320 g/mol. The Kier molecular flexibility index (Phi) is 5.21. The first-order chi connectivity index (χ1) is 10.7. The molecule has 0 aromatic heterocycles. The molecule has 0 atom stereocenters. The molecule has 2 rings (SSSR count). The number of piperazine rings is 1. The molecule has 0 unspecified atom stereocenters. The number of nitrogens with zero attached hydrogens (tertiary/aromatic N) is 2. The Balaban J connectivity index is 2.07. The molecule has 126 valence electrons. The smallest absolute Gasteiger partial charge is 0.444 e. The first kappa shape index (κ1) is 17.6. The maximum absolute atomic E-state index is 12.1. The van der Waals surface area contributed by atoms with Crippen molar-refractivity contribution in [3.8, 4) is 0 Å². The second-order valence-corrected chi connectivity index (χ2v) is 6.84. The van der Waals surface area contributed by atoms with E-state index >= 15 is 0 Å². The summed E-state index contributed by atoms with van der Waals surface area (Å²) in [5.74, 6) is 0. The molecule has 2 N–H and O–H groups in total. The first-order valence-electron chi connectivity index (χ1n) is 7.87. The molecule has 7 heteroatoms. The molecule has 0 radical (unpaired) electrons. The van der Waals surface area contributed by atoms with E-state index in [1.54, 1.807) is 11.0 Å². The molecule has 1 aromatic rings. The summed E-state index contributed by atoms with van der Waals surface area (Å²) < 4.78 is 5.39. The molecule has 1 aliphatic heterocycles. The van der Waals surface area contributed by atoms with Crippen molar-refractivity contribution in [2.45, 2.75) is 33.3 Å². The molecule has 23 heavy (non-hydrogen) atoms. The molecule has 0 saturated carbocycles. The van der Waals surface area contributed by atoms with Crippen molar-refractivity contribution in [2.24, 2.45) is 0 Å². The van der Waals surface area contributed by atoms with Crippen LogP contribution < -0.4 is 10.4 Å². The maximum atomic E-state index is 12.1. The number of para-hydroxylation sites is 1. The van der Waals surface area contributed by atoms with Gasteiger partial charge in [-0.3, -0.25) is 0 Å². The SMILES string of the molecule is Cc1cccc(B(O)O)c1N1CCN(C(=O)OC(C)(C)C)CC1. The summed E-state index contributed by atoms with van der Waals surface area (Å²) in [5.41, 5.74) is 1.82. The van der Waals surface area contributed by atoms with E-state index in [-0.39, 0.29) is 6.09 Å². The van der Waals surface area contributed by atoms with Crippen LogP contribution in [0.5, 0.6) is 0 Å². The Morgan fingerprint density at radius 3 is 2.30 bits per heavy atom. The third-order valence-electron chi connectivity index (χ3n) is 3.79. The van der Waals surface area contributed by atoms with Crippen LogP contribution >= 0.6 is 0 Å². The zero-order valence-electron chi connectivity index (χ0n) is 14.2. The lowest BCUT2D eigenvalue weighted by molar-refractivity contribution is 0.0240. The van der Waals surface area contributed by atoms with E-state index in [4.69, 9.17) is 4.74 Å². The van der Waals surface area contributed by atoms with Gasteiger partial charge < -0.3 is 24.6 Å². The van der Waals surface area contributed by atoms with Crippen molar-refractivity contribution in [2.75, 3.05) is 31.1 Å².